The van der Waals surface area contributed by atoms with Crippen molar-refractivity contribution in [3.8, 4) is 5.75 Å². The molecule has 2 nitrogen and oxygen atoms in total. The molecule has 0 spiro atoms. The van der Waals surface area contributed by atoms with E-state index in [-0.39, 0.29) is 6.04 Å². The largest absolute Gasteiger partial charge is 0.492 e. The Morgan fingerprint density at radius 3 is 2.82 bits per heavy atom. The summed E-state index contributed by atoms with van der Waals surface area (Å²) in [5.74, 6) is 1.63. The third-order valence-electron chi connectivity index (χ3n) is 3.75. The van der Waals surface area contributed by atoms with E-state index >= 15 is 0 Å². The van der Waals surface area contributed by atoms with Crippen LogP contribution in [0.2, 0.25) is 0 Å². The summed E-state index contributed by atoms with van der Waals surface area (Å²) in [7, 11) is 0. The quantitative estimate of drug-likeness (QED) is 0.848. The van der Waals surface area contributed by atoms with Gasteiger partial charge in [0.15, 0.2) is 0 Å². The Balaban J connectivity index is 1.83. The Morgan fingerprint density at radius 1 is 1.35 bits per heavy atom. The van der Waals surface area contributed by atoms with Crippen molar-refractivity contribution in [3.05, 3.63) is 29.8 Å². The molecule has 1 aromatic carbocycles. The van der Waals surface area contributed by atoms with Gasteiger partial charge in [-0.15, -0.1) is 0 Å². The molecule has 0 amide bonds. The van der Waals surface area contributed by atoms with Crippen molar-refractivity contribution in [2.45, 2.75) is 45.1 Å². The van der Waals surface area contributed by atoms with Gasteiger partial charge in [-0.25, -0.2) is 0 Å². The monoisotopic (exact) mass is 233 g/mol. The van der Waals surface area contributed by atoms with Crippen LogP contribution in [0.3, 0.4) is 0 Å². The Labute approximate surface area is 104 Å². The van der Waals surface area contributed by atoms with Crippen LogP contribution in [-0.2, 0) is 6.42 Å². The molecule has 1 saturated carbocycles. The lowest BCUT2D eigenvalue weighted by molar-refractivity contribution is 0.247. The molecule has 2 heteroatoms. The molecule has 1 aromatic rings. The molecule has 94 valence electrons. The van der Waals surface area contributed by atoms with E-state index < -0.39 is 0 Å². The van der Waals surface area contributed by atoms with Crippen LogP contribution >= 0.6 is 0 Å². The molecule has 0 saturated heterocycles. The molecule has 0 aromatic heterocycles. The van der Waals surface area contributed by atoms with E-state index in [1.54, 1.807) is 0 Å². The number of rotatable bonds is 5. The first kappa shape index (κ1) is 12.4. The van der Waals surface area contributed by atoms with Gasteiger partial charge in [-0.1, -0.05) is 31.9 Å². The maximum absolute atomic E-state index is 6.17. The van der Waals surface area contributed by atoms with Crippen LogP contribution in [0.5, 0.6) is 5.75 Å². The minimum Gasteiger partial charge on any atom is -0.492 e. The zero-order valence-electron chi connectivity index (χ0n) is 10.7. The number of hydrogen-bond donors (Lipinski definition) is 1. The number of hydrogen-bond acceptors (Lipinski definition) is 2. The lowest BCUT2D eigenvalue weighted by Crippen LogP contribution is -2.34. The third-order valence-corrected chi connectivity index (χ3v) is 3.75. The highest BCUT2D eigenvalue weighted by Gasteiger charge is 2.22. The van der Waals surface area contributed by atoms with Crippen molar-refractivity contribution in [2.75, 3.05) is 6.61 Å². The smallest absolute Gasteiger partial charge is 0.119 e. The van der Waals surface area contributed by atoms with Gasteiger partial charge in [0.2, 0.25) is 0 Å². The van der Waals surface area contributed by atoms with Crippen molar-refractivity contribution in [2.24, 2.45) is 11.7 Å². The van der Waals surface area contributed by atoms with Crippen molar-refractivity contribution in [1.82, 2.24) is 0 Å². The number of benzene rings is 1. The Hall–Kier alpha value is -1.02. The summed E-state index contributed by atoms with van der Waals surface area (Å²) in [6.45, 7) is 2.81. The minimum atomic E-state index is 0.197. The van der Waals surface area contributed by atoms with Gasteiger partial charge in [0, 0.05) is 6.04 Å². The molecular weight excluding hydrogens is 210 g/mol. The summed E-state index contributed by atoms with van der Waals surface area (Å²) in [4.78, 5) is 0. The van der Waals surface area contributed by atoms with E-state index in [0.717, 1.165) is 12.2 Å². The fourth-order valence-electron chi connectivity index (χ4n) is 2.57. The molecule has 1 fully saturated rings. The maximum atomic E-state index is 6.17. The zero-order chi connectivity index (χ0) is 12.1. The standard InChI is InChI=1S/C15H23NO/c1-2-12-6-5-9-14(10-12)17-11-15(16)13-7-3-4-8-13/h5-6,9-10,13,15H,2-4,7-8,11,16H2,1H3. The molecule has 0 bridgehead atoms. The molecule has 1 atom stereocenters. The zero-order valence-corrected chi connectivity index (χ0v) is 10.7. The van der Waals surface area contributed by atoms with E-state index in [9.17, 15) is 0 Å². The summed E-state index contributed by atoms with van der Waals surface area (Å²) in [6, 6.07) is 8.50. The Kier molecular flexibility index (Phi) is 4.43. The Morgan fingerprint density at radius 2 is 2.12 bits per heavy atom. The van der Waals surface area contributed by atoms with E-state index in [0.29, 0.717) is 12.5 Å². The van der Waals surface area contributed by atoms with Gasteiger partial charge < -0.3 is 10.5 Å². The predicted octanol–water partition coefficient (Wildman–Crippen LogP) is 3.15. The van der Waals surface area contributed by atoms with Crippen LogP contribution in [0.25, 0.3) is 0 Å². The number of nitrogens with two attached hydrogens (primary N) is 1. The summed E-state index contributed by atoms with van der Waals surface area (Å²) in [5, 5.41) is 0. The first-order valence-corrected chi connectivity index (χ1v) is 6.77. The molecule has 0 radical (unpaired) electrons. The first-order valence-electron chi connectivity index (χ1n) is 6.77. The van der Waals surface area contributed by atoms with Gasteiger partial charge in [0.1, 0.15) is 12.4 Å². The highest BCUT2D eigenvalue weighted by atomic mass is 16.5. The lowest BCUT2D eigenvalue weighted by Gasteiger charge is -2.19. The first-order chi connectivity index (χ1) is 8.29. The second-order valence-corrected chi connectivity index (χ2v) is 5.02. The fraction of sp³-hybridized carbons (Fsp3) is 0.600. The maximum Gasteiger partial charge on any atom is 0.119 e. The van der Waals surface area contributed by atoms with Crippen LogP contribution in [0.15, 0.2) is 24.3 Å². The normalized spacial score (nSPS) is 18.2. The van der Waals surface area contributed by atoms with Crippen molar-refractivity contribution in [3.63, 3.8) is 0 Å². The van der Waals surface area contributed by atoms with E-state index in [4.69, 9.17) is 10.5 Å². The van der Waals surface area contributed by atoms with E-state index in [1.807, 2.05) is 6.07 Å². The second kappa shape index (κ2) is 6.06. The summed E-state index contributed by atoms with van der Waals surface area (Å²) < 4.78 is 5.80. The van der Waals surface area contributed by atoms with E-state index in [2.05, 4.69) is 25.1 Å². The highest BCUT2D eigenvalue weighted by molar-refractivity contribution is 5.28. The Bertz CT molecular complexity index is 345. The number of ether oxygens (including phenoxy) is 1. The second-order valence-electron chi connectivity index (χ2n) is 5.02. The van der Waals surface area contributed by atoms with Crippen molar-refractivity contribution < 1.29 is 4.74 Å². The van der Waals surface area contributed by atoms with E-state index in [1.165, 1.54) is 31.2 Å². The van der Waals surface area contributed by atoms with Crippen molar-refractivity contribution >= 4 is 0 Å². The SMILES string of the molecule is CCc1cccc(OCC(N)C2CCCC2)c1. The summed E-state index contributed by atoms with van der Waals surface area (Å²) in [5.41, 5.74) is 7.49. The van der Waals surface area contributed by atoms with Gasteiger partial charge in [-0.2, -0.15) is 0 Å². The average Bonchev–Trinajstić information content (AvgIpc) is 2.90. The molecule has 1 aliphatic carbocycles. The van der Waals surface area contributed by atoms with Crippen LogP contribution in [0.4, 0.5) is 0 Å². The van der Waals surface area contributed by atoms with Gasteiger partial charge in [0.25, 0.3) is 0 Å². The molecule has 2 N–H and O–H groups in total. The fourth-order valence-corrected chi connectivity index (χ4v) is 2.57. The van der Waals surface area contributed by atoms with Gasteiger partial charge >= 0.3 is 0 Å². The van der Waals surface area contributed by atoms with Crippen LogP contribution in [-0.4, -0.2) is 12.6 Å². The lowest BCUT2D eigenvalue weighted by atomic mass is 10.00. The van der Waals surface area contributed by atoms with Crippen LogP contribution in [0.1, 0.15) is 38.2 Å². The van der Waals surface area contributed by atoms with Gasteiger partial charge in [0.05, 0.1) is 0 Å². The molecule has 0 aliphatic heterocycles. The number of aryl methyl sites for hydroxylation is 1. The average molecular weight is 233 g/mol. The summed E-state index contributed by atoms with van der Waals surface area (Å²) in [6.07, 6.45) is 6.28. The molecule has 17 heavy (non-hydrogen) atoms. The minimum absolute atomic E-state index is 0.197. The molecule has 2 rings (SSSR count). The van der Waals surface area contributed by atoms with Crippen LogP contribution in [0, 0.1) is 5.92 Å². The molecule has 1 unspecified atom stereocenters. The van der Waals surface area contributed by atoms with Crippen molar-refractivity contribution in [1.29, 1.82) is 0 Å². The highest BCUT2D eigenvalue weighted by Crippen LogP contribution is 2.27. The van der Waals surface area contributed by atoms with Gasteiger partial charge in [-0.3, -0.25) is 0 Å². The van der Waals surface area contributed by atoms with Crippen LogP contribution < -0.4 is 10.5 Å². The van der Waals surface area contributed by atoms with Gasteiger partial charge in [-0.05, 0) is 42.9 Å². The third kappa shape index (κ3) is 3.47. The topological polar surface area (TPSA) is 35.2 Å². The molecule has 0 heterocycles. The molecular formula is C15H23NO. The predicted molar refractivity (Wildman–Crippen MR) is 71.2 cm³/mol. The summed E-state index contributed by atoms with van der Waals surface area (Å²) >= 11 is 0. The molecule has 1 aliphatic rings.